The van der Waals surface area contributed by atoms with Gasteiger partial charge < -0.3 is 5.11 Å². The molecule has 1 saturated carbocycles. The van der Waals surface area contributed by atoms with Crippen molar-refractivity contribution in [1.82, 2.24) is 29.5 Å². The zero-order chi connectivity index (χ0) is 17.6. The zero-order valence-electron chi connectivity index (χ0n) is 13.7. The van der Waals surface area contributed by atoms with E-state index < -0.39 is 5.97 Å². The Hall–Kier alpha value is -2.97. The summed E-state index contributed by atoms with van der Waals surface area (Å²) >= 11 is 0. The van der Waals surface area contributed by atoms with Gasteiger partial charge in [-0.05, 0) is 18.8 Å². The van der Waals surface area contributed by atoms with Crippen LogP contribution in [0, 0.1) is 5.92 Å². The van der Waals surface area contributed by atoms with Crippen LogP contribution in [-0.2, 0) is 0 Å². The molecule has 0 spiro atoms. The Morgan fingerprint density at radius 3 is 2.88 bits per heavy atom. The summed E-state index contributed by atoms with van der Waals surface area (Å²) in [4.78, 5) is 30.6. The molecule has 0 saturated heterocycles. The van der Waals surface area contributed by atoms with E-state index >= 15 is 0 Å². The molecular formula is C16H18N6O3. The first-order valence-electron chi connectivity index (χ1n) is 8.29. The van der Waals surface area contributed by atoms with Gasteiger partial charge in [0.2, 0.25) is 5.95 Å². The Morgan fingerprint density at radius 1 is 1.32 bits per heavy atom. The standard InChI is InChI=1S/C16H18N6O3/c1-9-3-2-4-11(5-9)22-13-12(7-18-22)19-16(20-14(13)23)21-8-10(6-17-21)15(24)25/h6-9,11H,2-5H2,1H3,(H,24,25)(H,19,20,23)/t9-,11-/m1/s1. The van der Waals surface area contributed by atoms with Crippen LogP contribution in [0.3, 0.4) is 0 Å². The van der Waals surface area contributed by atoms with Gasteiger partial charge in [0.1, 0.15) is 5.52 Å². The Morgan fingerprint density at radius 2 is 2.16 bits per heavy atom. The van der Waals surface area contributed by atoms with Crippen LogP contribution in [0.15, 0.2) is 23.4 Å². The van der Waals surface area contributed by atoms with Crippen LogP contribution in [-0.4, -0.2) is 40.6 Å². The Bertz CT molecular complexity index is 1000. The monoisotopic (exact) mass is 342 g/mol. The molecule has 0 bridgehead atoms. The van der Waals surface area contributed by atoms with Crippen LogP contribution < -0.4 is 5.56 Å². The summed E-state index contributed by atoms with van der Waals surface area (Å²) < 4.78 is 3.02. The van der Waals surface area contributed by atoms with Crippen molar-refractivity contribution in [2.24, 2.45) is 5.92 Å². The lowest BCUT2D eigenvalue weighted by Gasteiger charge is -2.27. The van der Waals surface area contributed by atoms with Crippen molar-refractivity contribution in [2.45, 2.75) is 38.6 Å². The van der Waals surface area contributed by atoms with E-state index in [0.29, 0.717) is 17.0 Å². The van der Waals surface area contributed by atoms with Crippen LogP contribution in [0.5, 0.6) is 0 Å². The fraction of sp³-hybridized carbons (Fsp3) is 0.438. The van der Waals surface area contributed by atoms with Gasteiger partial charge in [0.25, 0.3) is 5.56 Å². The molecule has 0 amide bonds. The average Bonchev–Trinajstić information content (AvgIpc) is 3.22. The number of aromatic nitrogens is 6. The number of nitrogens with one attached hydrogen (secondary N) is 1. The van der Waals surface area contributed by atoms with Crippen LogP contribution in [0.1, 0.15) is 49.0 Å². The second kappa shape index (κ2) is 5.83. The first-order chi connectivity index (χ1) is 12.0. The quantitative estimate of drug-likeness (QED) is 0.748. The number of H-pyrrole nitrogens is 1. The van der Waals surface area contributed by atoms with Crippen molar-refractivity contribution in [3.05, 3.63) is 34.5 Å². The van der Waals surface area contributed by atoms with Crippen molar-refractivity contribution in [1.29, 1.82) is 0 Å². The fourth-order valence-electron chi connectivity index (χ4n) is 3.52. The van der Waals surface area contributed by atoms with E-state index in [-0.39, 0.29) is 23.1 Å². The van der Waals surface area contributed by atoms with Gasteiger partial charge in [-0.3, -0.25) is 14.5 Å². The van der Waals surface area contributed by atoms with Crippen molar-refractivity contribution >= 4 is 17.0 Å². The lowest BCUT2D eigenvalue weighted by Crippen LogP contribution is -2.22. The van der Waals surface area contributed by atoms with Gasteiger partial charge >= 0.3 is 5.97 Å². The number of hydrogen-bond donors (Lipinski definition) is 2. The minimum absolute atomic E-state index is 0.0228. The maximum atomic E-state index is 12.6. The summed E-state index contributed by atoms with van der Waals surface area (Å²) in [6.45, 7) is 2.22. The van der Waals surface area contributed by atoms with Gasteiger partial charge in [-0.25, -0.2) is 14.5 Å². The average molecular weight is 342 g/mol. The summed E-state index contributed by atoms with van der Waals surface area (Å²) in [6, 6.07) is 0.207. The molecule has 1 fully saturated rings. The van der Waals surface area contributed by atoms with E-state index in [1.807, 2.05) is 0 Å². The smallest absolute Gasteiger partial charge is 0.338 e. The fourth-order valence-corrected chi connectivity index (χ4v) is 3.52. The van der Waals surface area contributed by atoms with Gasteiger partial charge in [-0.2, -0.15) is 10.2 Å². The predicted octanol–water partition coefficient (Wildman–Crippen LogP) is 1.75. The predicted molar refractivity (Wildman–Crippen MR) is 88.9 cm³/mol. The zero-order valence-corrected chi connectivity index (χ0v) is 13.7. The maximum Gasteiger partial charge on any atom is 0.338 e. The summed E-state index contributed by atoms with van der Waals surface area (Å²) in [5.41, 5.74) is 0.649. The molecule has 3 aromatic rings. The highest BCUT2D eigenvalue weighted by Crippen LogP contribution is 2.32. The number of hydrogen-bond acceptors (Lipinski definition) is 5. The van der Waals surface area contributed by atoms with E-state index in [1.165, 1.54) is 23.5 Å². The van der Waals surface area contributed by atoms with Crippen molar-refractivity contribution in [2.75, 3.05) is 0 Å². The first kappa shape index (κ1) is 15.6. The number of carbonyl (C=O) groups is 1. The van der Waals surface area contributed by atoms with Gasteiger partial charge in [0.05, 0.1) is 24.0 Å². The molecule has 3 aromatic heterocycles. The Kier molecular flexibility index (Phi) is 3.63. The van der Waals surface area contributed by atoms with E-state index in [4.69, 9.17) is 5.11 Å². The maximum absolute atomic E-state index is 12.6. The highest BCUT2D eigenvalue weighted by Gasteiger charge is 2.24. The normalized spacial score (nSPS) is 20.8. The highest BCUT2D eigenvalue weighted by molar-refractivity contribution is 5.87. The molecular weight excluding hydrogens is 324 g/mol. The molecule has 2 N–H and O–H groups in total. The number of nitrogens with zero attached hydrogens (tertiary/aromatic N) is 5. The first-order valence-corrected chi connectivity index (χ1v) is 8.29. The number of fused-ring (bicyclic) bond motifs is 1. The Balaban J connectivity index is 1.76. The molecule has 1 aliphatic rings. The van der Waals surface area contributed by atoms with Crippen molar-refractivity contribution in [3.8, 4) is 5.95 Å². The second-order valence-corrected chi connectivity index (χ2v) is 6.62. The van der Waals surface area contributed by atoms with Gasteiger partial charge in [0.15, 0.2) is 5.52 Å². The number of rotatable bonds is 3. The van der Waals surface area contributed by atoms with Crippen molar-refractivity contribution in [3.63, 3.8) is 0 Å². The highest BCUT2D eigenvalue weighted by atomic mass is 16.4. The summed E-state index contributed by atoms with van der Waals surface area (Å²) in [5, 5.41) is 17.3. The van der Waals surface area contributed by atoms with Gasteiger partial charge in [-0.15, -0.1) is 0 Å². The van der Waals surface area contributed by atoms with E-state index in [1.54, 1.807) is 10.9 Å². The van der Waals surface area contributed by atoms with E-state index in [9.17, 15) is 9.59 Å². The van der Waals surface area contributed by atoms with Crippen LogP contribution in [0.25, 0.3) is 17.0 Å². The van der Waals surface area contributed by atoms with Crippen LogP contribution >= 0.6 is 0 Å². The third-order valence-electron chi connectivity index (χ3n) is 4.74. The minimum Gasteiger partial charge on any atom is -0.478 e. The molecule has 3 heterocycles. The number of carboxylic acids is 1. The summed E-state index contributed by atoms with van der Waals surface area (Å²) in [5.74, 6) is -0.307. The third kappa shape index (κ3) is 2.71. The van der Waals surface area contributed by atoms with E-state index in [2.05, 4.69) is 27.1 Å². The molecule has 0 unspecified atom stereocenters. The van der Waals surface area contributed by atoms with Crippen LogP contribution in [0.2, 0.25) is 0 Å². The molecule has 0 radical (unpaired) electrons. The van der Waals surface area contributed by atoms with Gasteiger partial charge in [-0.1, -0.05) is 19.8 Å². The molecule has 9 nitrogen and oxygen atoms in total. The molecule has 25 heavy (non-hydrogen) atoms. The summed E-state index contributed by atoms with van der Waals surface area (Å²) in [7, 11) is 0. The lowest BCUT2D eigenvalue weighted by atomic mass is 9.87. The molecule has 130 valence electrons. The number of aromatic carboxylic acids is 1. The molecule has 1 aliphatic carbocycles. The van der Waals surface area contributed by atoms with Gasteiger partial charge in [0, 0.05) is 6.20 Å². The molecule has 2 atom stereocenters. The Labute approximate surface area is 142 Å². The molecule has 0 aromatic carbocycles. The second-order valence-electron chi connectivity index (χ2n) is 6.62. The summed E-state index contributed by atoms with van der Waals surface area (Å²) in [6.07, 6.45) is 8.43. The third-order valence-corrected chi connectivity index (χ3v) is 4.74. The molecule has 4 rings (SSSR count). The molecule has 0 aliphatic heterocycles. The lowest BCUT2D eigenvalue weighted by molar-refractivity contribution is 0.0697. The van der Waals surface area contributed by atoms with E-state index in [0.717, 1.165) is 19.3 Å². The van der Waals surface area contributed by atoms with Crippen LogP contribution in [0.4, 0.5) is 0 Å². The number of carboxylic acid groups (broad SMARTS) is 1. The minimum atomic E-state index is -1.09. The topological polar surface area (TPSA) is 119 Å². The largest absolute Gasteiger partial charge is 0.478 e. The van der Waals surface area contributed by atoms with Crippen molar-refractivity contribution < 1.29 is 9.90 Å². The SMILES string of the molecule is C[C@@H]1CCC[C@@H](n2ncc3nc(-n4cc(C(=O)O)cn4)[nH]c(=O)c32)C1. The molecule has 9 heteroatoms. The number of aromatic amines is 1.